The van der Waals surface area contributed by atoms with Gasteiger partial charge >= 0.3 is 5.97 Å². The van der Waals surface area contributed by atoms with E-state index in [0.717, 1.165) is 0 Å². The first-order valence-electron chi connectivity index (χ1n) is 6.00. The lowest BCUT2D eigenvalue weighted by molar-refractivity contribution is 0.0600. The van der Waals surface area contributed by atoms with Gasteiger partial charge in [-0.15, -0.1) is 0 Å². The maximum Gasteiger partial charge on any atom is 0.337 e. The molecule has 0 unspecified atom stereocenters. The summed E-state index contributed by atoms with van der Waals surface area (Å²) in [6, 6.07) is 5.95. The summed E-state index contributed by atoms with van der Waals surface area (Å²) in [4.78, 5) is 31.5. The van der Waals surface area contributed by atoms with Crippen LogP contribution in [0.2, 0.25) is 5.02 Å². The zero-order chi connectivity index (χ0) is 15.4. The molecule has 2 rings (SSSR count). The van der Waals surface area contributed by atoms with Gasteiger partial charge in [0.1, 0.15) is 11.5 Å². The second-order valence-corrected chi connectivity index (χ2v) is 4.54. The van der Waals surface area contributed by atoms with E-state index in [9.17, 15) is 9.59 Å². The van der Waals surface area contributed by atoms with Crippen molar-refractivity contribution in [2.75, 3.05) is 12.4 Å². The summed E-state index contributed by atoms with van der Waals surface area (Å²) in [5.41, 5.74) is 0.805. The molecule has 7 heteroatoms. The largest absolute Gasteiger partial charge is 0.465 e. The van der Waals surface area contributed by atoms with Crippen molar-refractivity contribution in [3.8, 4) is 0 Å². The standard InChI is InChI=1S/C14H12ClN3O3/c1-8-16-6-5-11(17-8)13(19)18-12-7-9(14(20)21-2)3-4-10(12)15/h3-7H,1-2H3,(H,18,19). The van der Waals surface area contributed by atoms with E-state index in [1.165, 1.54) is 37.6 Å². The number of hydrogen-bond acceptors (Lipinski definition) is 5. The second-order valence-electron chi connectivity index (χ2n) is 4.13. The van der Waals surface area contributed by atoms with Crippen LogP contribution in [-0.4, -0.2) is 29.0 Å². The molecule has 1 aromatic carbocycles. The molecule has 0 fully saturated rings. The van der Waals surface area contributed by atoms with Gasteiger partial charge in [0.25, 0.3) is 5.91 Å². The molecule has 0 aliphatic heterocycles. The molecule has 0 atom stereocenters. The van der Waals surface area contributed by atoms with E-state index in [0.29, 0.717) is 16.5 Å². The first-order chi connectivity index (χ1) is 10.0. The van der Waals surface area contributed by atoms with Crippen molar-refractivity contribution >= 4 is 29.2 Å². The number of ether oxygens (including phenoxy) is 1. The number of amides is 1. The van der Waals surface area contributed by atoms with Crippen molar-refractivity contribution in [3.05, 3.63) is 52.6 Å². The van der Waals surface area contributed by atoms with Gasteiger partial charge in [-0.25, -0.2) is 14.8 Å². The molecule has 0 aliphatic rings. The molecule has 1 aromatic heterocycles. The lowest BCUT2D eigenvalue weighted by Gasteiger charge is -2.08. The topological polar surface area (TPSA) is 81.2 Å². The van der Waals surface area contributed by atoms with E-state index in [-0.39, 0.29) is 11.3 Å². The van der Waals surface area contributed by atoms with Gasteiger partial charge in [0.15, 0.2) is 0 Å². The molecule has 2 aromatic rings. The molecule has 1 N–H and O–H groups in total. The number of benzene rings is 1. The smallest absolute Gasteiger partial charge is 0.337 e. The summed E-state index contributed by atoms with van der Waals surface area (Å²) in [6.07, 6.45) is 1.49. The maximum absolute atomic E-state index is 12.1. The SMILES string of the molecule is COC(=O)c1ccc(Cl)c(NC(=O)c2ccnc(C)n2)c1. The van der Waals surface area contributed by atoms with E-state index < -0.39 is 11.9 Å². The zero-order valence-electron chi connectivity index (χ0n) is 11.4. The average molecular weight is 306 g/mol. The number of anilines is 1. The monoisotopic (exact) mass is 305 g/mol. The van der Waals surface area contributed by atoms with Crippen LogP contribution < -0.4 is 5.32 Å². The van der Waals surface area contributed by atoms with Crippen molar-refractivity contribution in [3.63, 3.8) is 0 Å². The zero-order valence-corrected chi connectivity index (χ0v) is 12.1. The molecule has 1 amide bonds. The van der Waals surface area contributed by atoms with Gasteiger partial charge in [0.05, 0.1) is 23.4 Å². The molecule has 0 spiro atoms. The predicted octanol–water partition coefficient (Wildman–Crippen LogP) is 2.48. The van der Waals surface area contributed by atoms with Crippen LogP contribution >= 0.6 is 11.6 Å². The Hall–Kier alpha value is -2.47. The van der Waals surface area contributed by atoms with Crippen LogP contribution in [0.15, 0.2) is 30.5 Å². The minimum Gasteiger partial charge on any atom is -0.465 e. The highest BCUT2D eigenvalue weighted by atomic mass is 35.5. The van der Waals surface area contributed by atoms with E-state index in [4.69, 9.17) is 11.6 Å². The highest BCUT2D eigenvalue weighted by molar-refractivity contribution is 6.34. The maximum atomic E-state index is 12.1. The van der Waals surface area contributed by atoms with Gasteiger partial charge in [-0.2, -0.15) is 0 Å². The predicted molar refractivity (Wildman–Crippen MR) is 77.5 cm³/mol. The highest BCUT2D eigenvalue weighted by Gasteiger charge is 2.13. The Labute approximate surface area is 126 Å². The minimum absolute atomic E-state index is 0.210. The summed E-state index contributed by atoms with van der Waals surface area (Å²) in [5, 5.41) is 2.91. The van der Waals surface area contributed by atoms with Gasteiger partial charge in [0.2, 0.25) is 0 Å². The lowest BCUT2D eigenvalue weighted by atomic mass is 10.2. The first-order valence-corrected chi connectivity index (χ1v) is 6.38. The Morgan fingerprint density at radius 3 is 2.71 bits per heavy atom. The fourth-order valence-electron chi connectivity index (χ4n) is 1.63. The Morgan fingerprint density at radius 2 is 2.05 bits per heavy atom. The van der Waals surface area contributed by atoms with Gasteiger partial charge in [0, 0.05) is 6.20 Å². The molecule has 21 heavy (non-hydrogen) atoms. The molecule has 0 saturated heterocycles. The number of aryl methyl sites for hydroxylation is 1. The number of nitrogens with zero attached hydrogens (tertiary/aromatic N) is 2. The van der Waals surface area contributed by atoms with Gasteiger partial charge < -0.3 is 10.1 Å². The number of hydrogen-bond donors (Lipinski definition) is 1. The number of methoxy groups -OCH3 is 1. The van der Waals surface area contributed by atoms with Crippen molar-refractivity contribution in [1.82, 2.24) is 9.97 Å². The third kappa shape index (κ3) is 3.55. The Bertz CT molecular complexity index is 704. The number of esters is 1. The number of carbonyl (C=O) groups is 2. The summed E-state index contributed by atoms with van der Waals surface area (Å²) in [5.74, 6) is -0.471. The highest BCUT2D eigenvalue weighted by Crippen LogP contribution is 2.24. The van der Waals surface area contributed by atoms with Crippen molar-refractivity contribution in [2.24, 2.45) is 0 Å². The molecule has 108 valence electrons. The van der Waals surface area contributed by atoms with Crippen LogP contribution in [0.5, 0.6) is 0 Å². The summed E-state index contributed by atoms with van der Waals surface area (Å²) in [7, 11) is 1.28. The first kappa shape index (κ1) is 14.9. The molecule has 0 saturated carbocycles. The number of aromatic nitrogens is 2. The van der Waals surface area contributed by atoms with Gasteiger partial charge in [-0.05, 0) is 31.2 Å². The molecule has 1 heterocycles. The summed E-state index contributed by atoms with van der Waals surface area (Å²) in [6.45, 7) is 1.68. The van der Waals surface area contributed by atoms with Crippen LogP contribution in [-0.2, 0) is 4.74 Å². The fraction of sp³-hybridized carbons (Fsp3) is 0.143. The third-order valence-corrected chi connectivity index (χ3v) is 2.97. The number of rotatable bonds is 3. The average Bonchev–Trinajstić information content (AvgIpc) is 2.48. The van der Waals surface area contributed by atoms with E-state index in [1.807, 2.05) is 0 Å². The van der Waals surface area contributed by atoms with E-state index >= 15 is 0 Å². The number of halogens is 1. The molecule has 6 nitrogen and oxygen atoms in total. The quantitative estimate of drug-likeness (QED) is 0.881. The van der Waals surface area contributed by atoms with Crippen LogP contribution in [0.25, 0.3) is 0 Å². The summed E-state index contributed by atoms with van der Waals surface area (Å²) >= 11 is 6.01. The normalized spacial score (nSPS) is 10.0. The molecular weight excluding hydrogens is 294 g/mol. The van der Waals surface area contributed by atoms with Crippen LogP contribution in [0.1, 0.15) is 26.7 Å². The van der Waals surface area contributed by atoms with Crippen molar-refractivity contribution < 1.29 is 14.3 Å². The molecule has 0 aliphatic carbocycles. The van der Waals surface area contributed by atoms with Crippen LogP contribution in [0, 0.1) is 6.92 Å². The lowest BCUT2D eigenvalue weighted by Crippen LogP contribution is -2.15. The Kier molecular flexibility index (Phi) is 4.49. The number of carbonyl (C=O) groups excluding carboxylic acids is 2. The second kappa shape index (κ2) is 6.32. The minimum atomic E-state index is -0.514. The van der Waals surface area contributed by atoms with Crippen molar-refractivity contribution in [2.45, 2.75) is 6.92 Å². The number of nitrogens with one attached hydrogen (secondary N) is 1. The van der Waals surface area contributed by atoms with Crippen molar-refractivity contribution in [1.29, 1.82) is 0 Å². The fourth-order valence-corrected chi connectivity index (χ4v) is 1.80. The Morgan fingerprint density at radius 1 is 1.29 bits per heavy atom. The third-order valence-electron chi connectivity index (χ3n) is 2.64. The van der Waals surface area contributed by atoms with Crippen LogP contribution in [0.3, 0.4) is 0 Å². The Balaban J connectivity index is 2.26. The summed E-state index contributed by atoms with van der Waals surface area (Å²) < 4.78 is 4.62. The van der Waals surface area contributed by atoms with Gasteiger partial charge in [-0.3, -0.25) is 4.79 Å². The van der Waals surface area contributed by atoms with E-state index in [2.05, 4.69) is 20.0 Å². The van der Waals surface area contributed by atoms with Crippen LogP contribution in [0.4, 0.5) is 5.69 Å². The molecule has 0 radical (unpaired) electrons. The van der Waals surface area contributed by atoms with Gasteiger partial charge in [-0.1, -0.05) is 11.6 Å². The molecular formula is C14H12ClN3O3. The molecule has 0 bridgehead atoms. The van der Waals surface area contributed by atoms with E-state index in [1.54, 1.807) is 6.92 Å².